The number of esters is 2. The van der Waals surface area contributed by atoms with Crippen molar-refractivity contribution in [1.82, 2.24) is 0 Å². The lowest BCUT2D eigenvalue weighted by Crippen LogP contribution is -2.29. The predicted octanol–water partition coefficient (Wildman–Crippen LogP) is 10.7. The number of hydrogen-bond donors (Lipinski definition) is 3. The molecule has 4 N–H and O–H groups in total. The zero-order valence-electron chi connectivity index (χ0n) is 33.8. The number of phosphoric ester groups is 1. The smallest absolute Gasteiger partial charge is 0.462 e. The van der Waals surface area contributed by atoms with Crippen LogP contribution in [0.25, 0.3) is 0 Å². The maximum atomic E-state index is 12.6. The highest BCUT2D eigenvalue weighted by Crippen LogP contribution is 2.43. The van der Waals surface area contributed by atoms with Crippen LogP contribution in [0.15, 0.2) is 60.8 Å². The molecule has 0 rings (SSSR count). The number of unbranched alkanes of at least 4 members (excludes halogenated alkanes) is 14. The first-order valence-corrected chi connectivity index (χ1v) is 22.4. The van der Waals surface area contributed by atoms with E-state index in [1.165, 1.54) is 44.9 Å². The van der Waals surface area contributed by atoms with Gasteiger partial charge in [-0.15, -0.1) is 0 Å². The van der Waals surface area contributed by atoms with E-state index in [1.54, 1.807) is 6.08 Å². The Balaban J connectivity index is 4.28. The van der Waals surface area contributed by atoms with Crippen molar-refractivity contribution in [3.8, 4) is 0 Å². The van der Waals surface area contributed by atoms with Crippen molar-refractivity contribution < 1.29 is 42.7 Å². The molecule has 0 aliphatic carbocycles. The molecule has 54 heavy (non-hydrogen) atoms. The number of carbonyl (C=O) groups is 2. The highest BCUT2D eigenvalue weighted by Gasteiger charge is 2.26. The Labute approximate surface area is 328 Å². The van der Waals surface area contributed by atoms with Gasteiger partial charge in [0.25, 0.3) is 0 Å². The van der Waals surface area contributed by atoms with Gasteiger partial charge < -0.3 is 25.2 Å². The van der Waals surface area contributed by atoms with Gasteiger partial charge in [0.15, 0.2) is 6.10 Å². The molecular formula is C43H76NO9P. The van der Waals surface area contributed by atoms with E-state index in [2.05, 4.69) is 56.4 Å². The van der Waals surface area contributed by atoms with Crippen LogP contribution >= 0.6 is 7.82 Å². The molecule has 0 aromatic heterocycles. The number of hydrogen-bond acceptors (Lipinski definition) is 9. The molecule has 0 aromatic rings. The summed E-state index contributed by atoms with van der Waals surface area (Å²) in [5.41, 5.74) is 5.34. The van der Waals surface area contributed by atoms with Crippen LogP contribution in [0.4, 0.5) is 0 Å². The quantitative estimate of drug-likeness (QED) is 0.0181. The van der Waals surface area contributed by atoms with Crippen LogP contribution in [0.3, 0.4) is 0 Å². The summed E-state index contributed by atoms with van der Waals surface area (Å²) in [6.07, 6.45) is 41.2. The molecular weight excluding hydrogens is 705 g/mol. The molecule has 2 unspecified atom stereocenters. The fourth-order valence-corrected chi connectivity index (χ4v) is 6.14. The van der Waals surface area contributed by atoms with Crippen LogP contribution < -0.4 is 5.73 Å². The third kappa shape index (κ3) is 38.0. The van der Waals surface area contributed by atoms with E-state index < -0.39 is 38.6 Å². The maximum absolute atomic E-state index is 12.6. The van der Waals surface area contributed by atoms with Crippen LogP contribution in [0, 0.1) is 0 Å². The summed E-state index contributed by atoms with van der Waals surface area (Å²) >= 11 is 0. The van der Waals surface area contributed by atoms with Crippen molar-refractivity contribution >= 4 is 19.8 Å². The van der Waals surface area contributed by atoms with Gasteiger partial charge in [0.1, 0.15) is 6.61 Å². The number of rotatable bonds is 38. The van der Waals surface area contributed by atoms with Gasteiger partial charge in [-0.25, -0.2) is 4.57 Å². The number of ether oxygens (including phenoxy) is 2. The molecule has 10 nitrogen and oxygen atoms in total. The van der Waals surface area contributed by atoms with E-state index in [4.69, 9.17) is 24.3 Å². The SMILES string of the molecule is CC/C=C/C/C=C/C=C/C(O)CCCCCCCC(=O)OC[C@H](COP(=O)(O)OCCN)OC(=O)CCCCCCCCC/C=C\C/C=C\CCCCC. The first kappa shape index (κ1) is 51.7. The lowest BCUT2D eigenvalue weighted by Gasteiger charge is -2.19. The lowest BCUT2D eigenvalue weighted by molar-refractivity contribution is -0.161. The molecule has 0 aliphatic rings. The molecule has 0 aliphatic heterocycles. The van der Waals surface area contributed by atoms with E-state index in [0.717, 1.165) is 70.6 Å². The van der Waals surface area contributed by atoms with Gasteiger partial charge in [-0.1, -0.05) is 145 Å². The topological polar surface area (TPSA) is 155 Å². The fraction of sp³-hybridized carbons (Fsp3) is 0.721. The van der Waals surface area contributed by atoms with Gasteiger partial charge in [0.2, 0.25) is 0 Å². The standard InChI is InChI=1S/C43H76NO9P/c1-3-5-7-9-11-12-13-14-15-16-17-18-19-20-22-26-31-35-43(47)53-41(39-52-54(48,49)51-37-36-44)38-50-42(46)34-30-27-23-25-29-33-40(45)32-28-24-21-10-8-6-4-2/h6,8,11-12,14-15,21,24,28,32,40-41,45H,3-5,7,9-10,13,16-20,22-23,25-27,29-31,33-39,44H2,1-2H3,(H,48,49)/b8-6+,12-11-,15-14-,24-21+,32-28+/t40?,41-/m1/s1. The molecule has 0 aromatic carbocycles. The monoisotopic (exact) mass is 782 g/mol. The Kier molecular flexibility index (Phi) is 37.2. The maximum Gasteiger partial charge on any atom is 0.472 e. The van der Waals surface area contributed by atoms with E-state index >= 15 is 0 Å². The zero-order valence-corrected chi connectivity index (χ0v) is 34.7. The number of nitrogens with two attached hydrogens (primary N) is 1. The van der Waals surface area contributed by atoms with Gasteiger partial charge in [0.05, 0.1) is 19.3 Å². The van der Waals surface area contributed by atoms with Crippen molar-refractivity contribution in [3.05, 3.63) is 60.8 Å². The van der Waals surface area contributed by atoms with Crippen LogP contribution in [0.5, 0.6) is 0 Å². The first-order chi connectivity index (χ1) is 26.2. The van der Waals surface area contributed by atoms with E-state index in [0.29, 0.717) is 19.3 Å². The van der Waals surface area contributed by atoms with Crippen molar-refractivity contribution in [1.29, 1.82) is 0 Å². The van der Waals surface area contributed by atoms with E-state index in [9.17, 15) is 24.2 Å². The summed E-state index contributed by atoms with van der Waals surface area (Å²) in [4.78, 5) is 34.8. The summed E-state index contributed by atoms with van der Waals surface area (Å²) in [6, 6.07) is 0. The first-order valence-electron chi connectivity index (χ1n) is 20.9. The van der Waals surface area contributed by atoms with Gasteiger partial charge in [-0.05, 0) is 64.2 Å². The van der Waals surface area contributed by atoms with Gasteiger partial charge in [-0.3, -0.25) is 18.6 Å². The van der Waals surface area contributed by atoms with Crippen molar-refractivity contribution in [2.24, 2.45) is 5.73 Å². The van der Waals surface area contributed by atoms with Gasteiger partial charge >= 0.3 is 19.8 Å². The molecule has 0 saturated heterocycles. The highest BCUT2D eigenvalue weighted by atomic mass is 31.2. The average molecular weight is 782 g/mol. The Morgan fingerprint density at radius 3 is 1.89 bits per heavy atom. The fourth-order valence-electron chi connectivity index (χ4n) is 5.38. The summed E-state index contributed by atoms with van der Waals surface area (Å²) in [7, 11) is -4.40. The molecule has 0 amide bonds. The Morgan fingerprint density at radius 2 is 1.24 bits per heavy atom. The summed E-state index contributed by atoms with van der Waals surface area (Å²) in [5.74, 6) is -0.919. The van der Waals surface area contributed by atoms with Gasteiger partial charge in [-0.2, -0.15) is 0 Å². The normalized spacial score (nSPS) is 14.5. The van der Waals surface area contributed by atoms with Crippen LogP contribution in [0.2, 0.25) is 0 Å². The molecule has 0 spiro atoms. The van der Waals surface area contributed by atoms with Crippen LogP contribution in [0.1, 0.15) is 162 Å². The molecule has 0 heterocycles. The lowest BCUT2D eigenvalue weighted by atomic mass is 10.1. The number of aliphatic hydroxyl groups excluding tert-OH is 1. The Hall–Kier alpha value is -2.33. The number of aliphatic hydroxyl groups is 1. The molecule has 0 saturated carbocycles. The zero-order chi connectivity index (χ0) is 39.8. The van der Waals surface area contributed by atoms with Crippen molar-refractivity contribution in [2.45, 2.75) is 174 Å². The summed E-state index contributed by atoms with van der Waals surface area (Å²) in [5, 5.41) is 10.1. The Bertz CT molecular complexity index is 1090. The minimum absolute atomic E-state index is 0.0351. The molecule has 0 fully saturated rings. The number of phosphoric acid groups is 1. The highest BCUT2D eigenvalue weighted by molar-refractivity contribution is 7.47. The largest absolute Gasteiger partial charge is 0.472 e. The predicted molar refractivity (Wildman–Crippen MR) is 221 cm³/mol. The second kappa shape index (κ2) is 38.9. The van der Waals surface area contributed by atoms with Gasteiger partial charge in [0, 0.05) is 19.4 Å². The molecule has 3 atom stereocenters. The summed E-state index contributed by atoms with van der Waals surface area (Å²) < 4.78 is 32.7. The Morgan fingerprint density at radius 1 is 0.667 bits per heavy atom. The third-order valence-corrected chi connectivity index (χ3v) is 9.48. The molecule has 312 valence electrons. The number of carbonyl (C=O) groups excluding carboxylic acids is 2. The minimum Gasteiger partial charge on any atom is -0.462 e. The average Bonchev–Trinajstić information content (AvgIpc) is 3.15. The van der Waals surface area contributed by atoms with E-state index in [-0.39, 0.29) is 32.6 Å². The van der Waals surface area contributed by atoms with Crippen molar-refractivity contribution in [2.75, 3.05) is 26.4 Å². The third-order valence-electron chi connectivity index (χ3n) is 8.49. The molecule has 0 radical (unpaired) electrons. The molecule has 11 heteroatoms. The number of allylic oxidation sites excluding steroid dienone is 9. The van der Waals surface area contributed by atoms with Crippen LogP contribution in [-0.4, -0.2) is 60.5 Å². The van der Waals surface area contributed by atoms with E-state index in [1.807, 2.05) is 12.2 Å². The summed E-state index contributed by atoms with van der Waals surface area (Å²) in [6.45, 7) is 3.44. The second-order valence-electron chi connectivity index (χ2n) is 13.7. The second-order valence-corrected chi connectivity index (χ2v) is 15.1. The molecule has 0 bridgehead atoms. The van der Waals surface area contributed by atoms with Crippen LogP contribution in [-0.2, 0) is 32.7 Å². The van der Waals surface area contributed by atoms with Crippen molar-refractivity contribution in [3.63, 3.8) is 0 Å². The minimum atomic E-state index is -4.40.